The molecule has 0 N–H and O–H groups in total. The third kappa shape index (κ3) is 2.05. The van der Waals surface area contributed by atoms with Crippen LogP contribution >= 0.6 is 0 Å². The molecule has 1 aromatic carbocycles. The molecule has 2 aliphatic rings. The Labute approximate surface area is 114 Å². The van der Waals surface area contributed by atoms with Crippen molar-refractivity contribution in [2.45, 2.75) is 45.8 Å². The van der Waals surface area contributed by atoms with E-state index in [-0.39, 0.29) is 11.2 Å². The summed E-state index contributed by atoms with van der Waals surface area (Å²) in [6.45, 7) is 10.4. The summed E-state index contributed by atoms with van der Waals surface area (Å²) in [5.74, 6) is 1.85. The van der Waals surface area contributed by atoms with Crippen LogP contribution in [0.1, 0.15) is 44.4 Å². The Kier molecular flexibility index (Phi) is 2.38. The second-order valence-corrected chi connectivity index (χ2v) is 6.43. The number of aryl methyl sites for hydroxylation is 1. The van der Waals surface area contributed by atoms with Crippen molar-refractivity contribution in [3.63, 3.8) is 0 Å². The van der Waals surface area contributed by atoms with Gasteiger partial charge in [-0.05, 0) is 64.5 Å². The van der Waals surface area contributed by atoms with E-state index in [9.17, 15) is 0 Å². The van der Waals surface area contributed by atoms with Crippen LogP contribution in [0.5, 0.6) is 11.5 Å². The monoisotopic (exact) mass is 256 g/mol. The van der Waals surface area contributed by atoms with Gasteiger partial charge in [-0.3, -0.25) is 0 Å². The fraction of sp³-hybridized carbons (Fsp3) is 0.412. The van der Waals surface area contributed by atoms with Crippen LogP contribution in [0.15, 0.2) is 18.2 Å². The second-order valence-electron chi connectivity index (χ2n) is 6.43. The first-order valence-corrected chi connectivity index (χ1v) is 6.72. The molecule has 3 rings (SSSR count). The van der Waals surface area contributed by atoms with Gasteiger partial charge in [-0.1, -0.05) is 6.08 Å². The van der Waals surface area contributed by atoms with Crippen molar-refractivity contribution in [2.24, 2.45) is 0 Å². The minimum atomic E-state index is -0.268. The van der Waals surface area contributed by atoms with E-state index >= 15 is 0 Å². The highest BCUT2D eigenvalue weighted by Crippen LogP contribution is 2.44. The van der Waals surface area contributed by atoms with Crippen LogP contribution in [0.4, 0.5) is 0 Å². The third-order valence-electron chi connectivity index (χ3n) is 3.57. The molecule has 0 bridgehead atoms. The van der Waals surface area contributed by atoms with E-state index in [1.54, 1.807) is 0 Å². The number of ether oxygens (including phenoxy) is 2. The Bertz CT molecular complexity index is 604. The number of fused-ring (bicyclic) bond motifs is 3. The number of rotatable bonds is 0. The molecule has 0 amide bonds. The van der Waals surface area contributed by atoms with Gasteiger partial charge in [0.25, 0.3) is 0 Å². The first-order valence-electron chi connectivity index (χ1n) is 6.72. The molecular weight excluding hydrogens is 236 g/mol. The van der Waals surface area contributed by atoms with E-state index in [1.807, 2.05) is 0 Å². The Morgan fingerprint density at radius 1 is 0.842 bits per heavy atom. The average Bonchev–Trinajstić information content (AvgIpc) is 2.25. The molecule has 0 atom stereocenters. The minimum Gasteiger partial charge on any atom is -0.483 e. The lowest BCUT2D eigenvalue weighted by molar-refractivity contribution is 0.145. The van der Waals surface area contributed by atoms with Crippen LogP contribution in [-0.4, -0.2) is 11.2 Å². The van der Waals surface area contributed by atoms with Crippen LogP contribution in [0, 0.1) is 6.92 Å². The van der Waals surface area contributed by atoms with E-state index in [0.717, 1.165) is 22.6 Å². The summed E-state index contributed by atoms with van der Waals surface area (Å²) in [5, 5.41) is 0. The molecule has 100 valence electrons. The van der Waals surface area contributed by atoms with Crippen LogP contribution in [0.2, 0.25) is 0 Å². The van der Waals surface area contributed by atoms with Gasteiger partial charge in [0.05, 0.1) is 5.56 Å². The molecule has 1 aromatic rings. The SMILES string of the molecule is Cc1cc2c(c3c1C=CC(C)(C)O3)C=CC(C)(C)O2. The Morgan fingerprint density at radius 3 is 2.11 bits per heavy atom. The summed E-state index contributed by atoms with van der Waals surface area (Å²) in [6.07, 6.45) is 8.46. The fourth-order valence-corrected chi connectivity index (χ4v) is 2.53. The highest BCUT2D eigenvalue weighted by atomic mass is 16.5. The molecular formula is C17H20O2. The van der Waals surface area contributed by atoms with Gasteiger partial charge in [-0.15, -0.1) is 0 Å². The van der Waals surface area contributed by atoms with Gasteiger partial charge in [0, 0.05) is 5.56 Å². The zero-order chi connectivity index (χ0) is 13.8. The Hall–Kier alpha value is -1.70. The fourth-order valence-electron chi connectivity index (χ4n) is 2.53. The minimum absolute atomic E-state index is 0.256. The smallest absolute Gasteiger partial charge is 0.139 e. The number of benzene rings is 1. The van der Waals surface area contributed by atoms with E-state index in [2.05, 4.69) is 65.0 Å². The molecule has 2 nitrogen and oxygen atoms in total. The lowest BCUT2D eigenvalue weighted by atomic mass is 9.93. The normalized spacial score (nSPS) is 21.1. The summed E-state index contributed by atoms with van der Waals surface area (Å²) in [5.41, 5.74) is 2.87. The zero-order valence-electron chi connectivity index (χ0n) is 12.2. The summed E-state index contributed by atoms with van der Waals surface area (Å²) in [6, 6.07) is 2.10. The Balaban J connectivity index is 2.21. The van der Waals surface area contributed by atoms with Crippen LogP contribution < -0.4 is 9.47 Å². The maximum Gasteiger partial charge on any atom is 0.139 e. The highest BCUT2D eigenvalue weighted by molar-refractivity contribution is 5.77. The van der Waals surface area contributed by atoms with Gasteiger partial charge in [0.15, 0.2) is 0 Å². The van der Waals surface area contributed by atoms with Gasteiger partial charge in [-0.2, -0.15) is 0 Å². The van der Waals surface area contributed by atoms with E-state index in [4.69, 9.17) is 9.47 Å². The van der Waals surface area contributed by atoms with Crippen molar-refractivity contribution in [1.82, 2.24) is 0 Å². The molecule has 0 saturated heterocycles. The quantitative estimate of drug-likeness (QED) is 0.686. The van der Waals surface area contributed by atoms with Gasteiger partial charge in [0.1, 0.15) is 22.7 Å². The first-order chi connectivity index (χ1) is 8.77. The summed E-state index contributed by atoms with van der Waals surface area (Å²) < 4.78 is 12.2. The maximum atomic E-state index is 6.15. The first kappa shape index (κ1) is 12.3. The molecule has 0 saturated carbocycles. The van der Waals surface area contributed by atoms with Crippen molar-refractivity contribution in [1.29, 1.82) is 0 Å². The Morgan fingerprint density at radius 2 is 1.42 bits per heavy atom. The van der Waals surface area contributed by atoms with Gasteiger partial charge >= 0.3 is 0 Å². The predicted octanol–water partition coefficient (Wildman–Crippen LogP) is 4.36. The molecule has 0 radical (unpaired) electrons. The third-order valence-corrected chi connectivity index (χ3v) is 3.57. The molecule has 0 aliphatic carbocycles. The van der Waals surface area contributed by atoms with Crippen LogP contribution in [-0.2, 0) is 0 Å². The number of hydrogen-bond acceptors (Lipinski definition) is 2. The topological polar surface area (TPSA) is 18.5 Å². The second kappa shape index (κ2) is 3.66. The zero-order valence-corrected chi connectivity index (χ0v) is 12.2. The maximum absolute atomic E-state index is 6.15. The van der Waals surface area contributed by atoms with Crippen molar-refractivity contribution >= 4 is 12.2 Å². The molecule has 2 heterocycles. The number of hydrogen-bond donors (Lipinski definition) is 0. The summed E-state index contributed by atoms with van der Waals surface area (Å²) >= 11 is 0. The average molecular weight is 256 g/mol. The van der Waals surface area contributed by atoms with Gasteiger partial charge < -0.3 is 9.47 Å². The standard InChI is InChI=1S/C17H20O2/c1-11-10-14-13(7-9-16(2,3)18-14)15-12(11)6-8-17(4,5)19-15/h6-10H,1-5H3. The molecule has 0 spiro atoms. The van der Waals surface area contributed by atoms with Crippen molar-refractivity contribution < 1.29 is 9.47 Å². The van der Waals surface area contributed by atoms with E-state index in [0.29, 0.717) is 0 Å². The predicted molar refractivity (Wildman–Crippen MR) is 78.7 cm³/mol. The molecule has 0 unspecified atom stereocenters. The lowest BCUT2D eigenvalue weighted by Crippen LogP contribution is -2.31. The molecule has 0 fully saturated rings. The molecule has 2 aliphatic heterocycles. The van der Waals surface area contributed by atoms with Crippen LogP contribution in [0.3, 0.4) is 0 Å². The molecule has 0 aromatic heterocycles. The van der Waals surface area contributed by atoms with Gasteiger partial charge in [-0.25, -0.2) is 0 Å². The lowest BCUT2D eigenvalue weighted by Gasteiger charge is -2.34. The molecule has 19 heavy (non-hydrogen) atoms. The van der Waals surface area contributed by atoms with E-state index < -0.39 is 0 Å². The van der Waals surface area contributed by atoms with Gasteiger partial charge in [0.2, 0.25) is 0 Å². The van der Waals surface area contributed by atoms with Crippen LogP contribution in [0.25, 0.3) is 12.2 Å². The van der Waals surface area contributed by atoms with E-state index in [1.165, 1.54) is 5.56 Å². The molecule has 2 heteroatoms. The van der Waals surface area contributed by atoms with Crippen molar-refractivity contribution in [3.8, 4) is 11.5 Å². The van der Waals surface area contributed by atoms with Crippen molar-refractivity contribution in [2.75, 3.05) is 0 Å². The highest BCUT2D eigenvalue weighted by Gasteiger charge is 2.30. The summed E-state index contributed by atoms with van der Waals surface area (Å²) in [7, 11) is 0. The summed E-state index contributed by atoms with van der Waals surface area (Å²) in [4.78, 5) is 0. The largest absolute Gasteiger partial charge is 0.483 e. The van der Waals surface area contributed by atoms with Crippen molar-refractivity contribution in [3.05, 3.63) is 34.9 Å².